The molecule has 1 aromatic rings. The molecule has 0 aliphatic carbocycles. The van der Waals surface area contributed by atoms with E-state index in [9.17, 15) is 14.7 Å². The highest BCUT2D eigenvalue weighted by Gasteiger charge is 2.33. The Hall–Kier alpha value is -2.72. The van der Waals surface area contributed by atoms with Crippen LogP contribution < -0.4 is 10.6 Å². The first-order valence-electron chi connectivity index (χ1n) is 10.2. The number of carbonyl (C=O) groups is 2. The number of urea groups is 1. The molecule has 1 aliphatic rings. The van der Waals surface area contributed by atoms with E-state index < -0.39 is 11.1 Å². The highest BCUT2D eigenvalue weighted by atomic mass is 16.6. The highest BCUT2D eigenvalue weighted by molar-refractivity contribution is 5.75. The molecule has 0 saturated carbocycles. The summed E-state index contributed by atoms with van der Waals surface area (Å²) in [6.07, 6.45) is 0.510. The predicted molar refractivity (Wildman–Crippen MR) is 116 cm³/mol. The van der Waals surface area contributed by atoms with Gasteiger partial charge in [0.05, 0.1) is 17.2 Å². The van der Waals surface area contributed by atoms with Crippen LogP contribution in [0.4, 0.5) is 9.59 Å². The molecule has 3 amide bonds. The van der Waals surface area contributed by atoms with Crippen molar-refractivity contribution in [2.45, 2.75) is 70.7 Å². The summed E-state index contributed by atoms with van der Waals surface area (Å²) in [6.45, 7) is 9.65. The molecule has 1 saturated heterocycles. The molecule has 2 atom stereocenters. The van der Waals surface area contributed by atoms with E-state index in [1.807, 2.05) is 45.0 Å². The minimum absolute atomic E-state index is 0.131. The summed E-state index contributed by atoms with van der Waals surface area (Å²) in [5.41, 5.74) is 0.286. The van der Waals surface area contributed by atoms with Crippen molar-refractivity contribution in [2.75, 3.05) is 13.6 Å². The summed E-state index contributed by atoms with van der Waals surface area (Å²) in [5.74, 6) is 6.13. The SMILES string of the molecule is CNC(=O)NC(C)(C)C#Cc1ccc(C(C)N2CCC(CC(C)(C)O)OC2=O)cc1. The van der Waals surface area contributed by atoms with Gasteiger partial charge >= 0.3 is 12.1 Å². The van der Waals surface area contributed by atoms with Gasteiger partial charge < -0.3 is 25.4 Å². The fourth-order valence-electron chi connectivity index (χ4n) is 3.33. The summed E-state index contributed by atoms with van der Waals surface area (Å²) < 4.78 is 5.52. The van der Waals surface area contributed by atoms with E-state index in [4.69, 9.17) is 4.74 Å². The number of nitrogens with zero attached hydrogens (tertiary/aromatic N) is 1. The number of cyclic esters (lactones) is 1. The number of amides is 3. The van der Waals surface area contributed by atoms with Crippen molar-refractivity contribution >= 4 is 12.1 Å². The third kappa shape index (κ3) is 6.96. The van der Waals surface area contributed by atoms with Gasteiger partial charge in [-0.25, -0.2) is 9.59 Å². The summed E-state index contributed by atoms with van der Waals surface area (Å²) >= 11 is 0. The van der Waals surface area contributed by atoms with Gasteiger partial charge in [-0.3, -0.25) is 0 Å². The van der Waals surface area contributed by atoms with Crippen LogP contribution in [0.5, 0.6) is 0 Å². The maximum atomic E-state index is 12.5. The molecule has 7 heteroatoms. The summed E-state index contributed by atoms with van der Waals surface area (Å²) in [4.78, 5) is 25.6. The number of nitrogens with one attached hydrogen (secondary N) is 2. The minimum atomic E-state index is -0.861. The van der Waals surface area contributed by atoms with Gasteiger partial charge in [0.2, 0.25) is 0 Å². The molecule has 1 aromatic carbocycles. The molecule has 2 rings (SSSR count). The zero-order valence-corrected chi connectivity index (χ0v) is 18.7. The highest BCUT2D eigenvalue weighted by Crippen LogP contribution is 2.28. The second kappa shape index (κ2) is 9.40. The summed E-state index contributed by atoms with van der Waals surface area (Å²) in [7, 11) is 1.56. The van der Waals surface area contributed by atoms with Crippen molar-refractivity contribution in [3.05, 3.63) is 35.4 Å². The van der Waals surface area contributed by atoms with Crippen LogP contribution in [0.1, 0.15) is 64.6 Å². The van der Waals surface area contributed by atoms with Crippen molar-refractivity contribution in [1.29, 1.82) is 0 Å². The number of ether oxygens (including phenoxy) is 1. The van der Waals surface area contributed by atoms with Crippen LogP contribution in [0.25, 0.3) is 0 Å². The van der Waals surface area contributed by atoms with Crippen LogP contribution in [-0.4, -0.2) is 53.0 Å². The Kier molecular flexibility index (Phi) is 7.38. The Labute approximate surface area is 179 Å². The molecule has 1 fully saturated rings. The van der Waals surface area contributed by atoms with Gasteiger partial charge in [0.15, 0.2) is 0 Å². The average molecular weight is 416 g/mol. The fourth-order valence-corrected chi connectivity index (χ4v) is 3.33. The lowest BCUT2D eigenvalue weighted by Crippen LogP contribution is -2.46. The average Bonchev–Trinajstić information content (AvgIpc) is 2.65. The van der Waals surface area contributed by atoms with Crippen molar-refractivity contribution < 1.29 is 19.4 Å². The van der Waals surface area contributed by atoms with E-state index in [0.717, 1.165) is 11.1 Å². The first-order chi connectivity index (χ1) is 13.9. The molecule has 0 bridgehead atoms. The predicted octanol–water partition coefficient (Wildman–Crippen LogP) is 3.18. The number of aliphatic hydroxyl groups is 1. The molecule has 1 aliphatic heterocycles. The molecule has 7 nitrogen and oxygen atoms in total. The van der Waals surface area contributed by atoms with Gasteiger partial charge in [-0.2, -0.15) is 0 Å². The Morgan fingerprint density at radius 3 is 2.47 bits per heavy atom. The normalized spacial score (nSPS) is 18.0. The molecule has 0 spiro atoms. The lowest BCUT2D eigenvalue weighted by Gasteiger charge is -2.37. The van der Waals surface area contributed by atoms with Gasteiger partial charge in [0.25, 0.3) is 0 Å². The number of benzene rings is 1. The van der Waals surface area contributed by atoms with E-state index in [1.54, 1.807) is 25.8 Å². The molecule has 3 N–H and O–H groups in total. The third-order valence-electron chi connectivity index (χ3n) is 4.95. The molecule has 0 aromatic heterocycles. The molecular weight excluding hydrogens is 382 g/mol. The third-order valence-corrected chi connectivity index (χ3v) is 4.95. The Morgan fingerprint density at radius 1 is 1.30 bits per heavy atom. The Morgan fingerprint density at radius 2 is 1.93 bits per heavy atom. The quantitative estimate of drug-likeness (QED) is 0.644. The van der Waals surface area contributed by atoms with Gasteiger partial charge in [0, 0.05) is 32.0 Å². The maximum absolute atomic E-state index is 12.5. The zero-order valence-electron chi connectivity index (χ0n) is 18.7. The Balaban J connectivity index is 2.01. The first-order valence-corrected chi connectivity index (χ1v) is 10.2. The molecule has 30 heavy (non-hydrogen) atoms. The lowest BCUT2D eigenvalue weighted by atomic mass is 9.97. The van der Waals surface area contributed by atoms with Gasteiger partial charge in [-0.05, 0) is 52.3 Å². The smallest absolute Gasteiger partial charge is 0.410 e. The molecule has 164 valence electrons. The van der Waals surface area contributed by atoms with Crippen molar-refractivity contribution in [3.8, 4) is 11.8 Å². The molecule has 2 unspecified atom stereocenters. The van der Waals surface area contributed by atoms with Crippen LogP contribution in [0, 0.1) is 11.8 Å². The fraction of sp³-hybridized carbons (Fsp3) is 0.565. The van der Waals surface area contributed by atoms with Crippen molar-refractivity contribution in [3.63, 3.8) is 0 Å². The van der Waals surface area contributed by atoms with Gasteiger partial charge in [0.1, 0.15) is 6.10 Å². The van der Waals surface area contributed by atoms with E-state index >= 15 is 0 Å². The second-order valence-electron chi connectivity index (χ2n) is 8.88. The summed E-state index contributed by atoms with van der Waals surface area (Å²) in [5, 5.41) is 15.2. The standard InChI is InChI=1S/C23H33N3O4/c1-16(26-14-12-19(30-21(26)28)15-23(4,5)29)18-9-7-17(8-10-18)11-13-22(2,3)25-20(27)24-6/h7-10,16,19,29H,12,14-15H2,1-6H3,(H2,24,25,27). The minimum Gasteiger partial charge on any atom is -0.446 e. The molecular formula is C23H33N3O4. The number of rotatable bonds is 5. The molecule has 0 radical (unpaired) electrons. The van der Waals surface area contributed by atoms with Crippen LogP contribution in [-0.2, 0) is 4.74 Å². The Bertz CT molecular complexity index is 816. The van der Waals surface area contributed by atoms with E-state index in [1.165, 1.54) is 0 Å². The van der Waals surface area contributed by atoms with Crippen LogP contribution in [0.2, 0.25) is 0 Å². The lowest BCUT2D eigenvalue weighted by molar-refractivity contribution is -0.0309. The monoisotopic (exact) mass is 415 g/mol. The zero-order chi connectivity index (χ0) is 22.5. The van der Waals surface area contributed by atoms with Crippen molar-refractivity contribution in [1.82, 2.24) is 15.5 Å². The largest absolute Gasteiger partial charge is 0.446 e. The number of carbonyl (C=O) groups excluding carboxylic acids is 2. The number of hydrogen-bond acceptors (Lipinski definition) is 4. The van der Waals surface area contributed by atoms with E-state index in [0.29, 0.717) is 19.4 Å². The summed E-state index contributed by atoms with van der Waals surface area (Å²) in [6, 6.07) is 7.29. The van der Waals surface area contributed by atoms with Crippen LogP contribution >= 0.6 is 0 Å². The number of hydrogen-bond donors (Lipinski definition) is 3. The molecule has 1 heterocycles. The first kappa shape index (κ1) is 23.6. The van der Waals surface area contributed by atoms with Crippen molar-refractivity contribution in [2.24, 2.45) is 0 Å². The van der Waals surface area contributed by atoms with Crippen LogP contribution in [0.3, 0.4) is 0 Å². The van der Waals surface area contributed by atoms with Gasteiger partial charge in [-0.15, -0.1) is 0 Å². The maximum Gasteiger partial charge on any atom is 0.410 e. The second-order valence-corrected chi connectivity index (χ2v) is 8.88. The topological polar surface area (TPSA) is 90.9 Å². The van der Waals surface area contributed by atoms with E-state index in [2.05, 4.69) is 22.5 Å². The van der Waals surface area contributed by atoms with Gasteiger partial charge in [-0.1, -0.05) is 24.0 Å². The van der Waals surface area contributed by atoms with Crippen LogP contribution in [0.15, 0.2) is 24.3 Å². The van der Waals surface area contributed by atoms with E-state index in [-0.39, 0.29) is 24.3 Å².